The van der Waals surface area contributed by atoms with Gasteiger partial charge in [-0.25, -0.2) is 0 Å². The first-order valence-electron chi connectivity index (χ1n) is 7.29. The topological polar surface area (TPSA) is 38.5 Å². The predicted octanol–water partition coefficient (Wildman–Crippen LogP) is 2.39. The summed E-state index contributed by atoms with van der Waals surface area (Å²) in [4.78, 5) is 2.56. The summed E-state index contributed by atoms with van der Waals surface area (Å²) in [7, 11) is 0. The van der Waals surface area contributed by atoms with Gasteiger partial charge in [-0.2, -0.15) is 0 Å². The van der Waals surface area contributed by atoms with Gasteiger partial charge in [0.1, 0.15) is 0 Å². The second-order valence-electron chi connectivity index (χ2n) is 5.21. The molecule has 0 amide bonds. The molecule has 0 aromatic heterocycles. The van der Waals surface area contributed by atoms with Gasteiger partial charge in [0, 0.05) is 25.2 Å². The van der Waals surface area contributed by atoms with E-state index >= 15 is 0 Å². The number of rotatable bonds is 8. The molecule has 0 radical (unpaired) electrons. The first-order valence-corrected chi connectivity index (χ1v) is 7.29. The van der Waals surface area contributed by atoms with Gasteiger partial charge in [-0.3, -0.25) is 4.90 Å². The van der Waals surface area contributed by atoms with E-state index in [2.05, 4.69) is 25.7 Å². The molecule has 2 unspecified atom stereocenters. The van der Waals surface area contributed by atoms with Gasteiger partial charge in [-0.1, -0.05) is 27.2 Å². The molecule has 17 heavy (non-hydrogen) atoms. The van der Waals surface area contributed by atoms with Crippen LogP contribution in [0.5, 0.6) is 0 Å². The van der Waals surface area contributed by atoms with Gasteiger partial charge < -0.3 is 10.5 Å². The first kappa shape index (κ1) is 14.9. The molecule has 1 aliphatic rings. The largest absolute Gasteiger partial charge is 0.377 e. The smallest absolute Gasteiger partial charge is 0.0703 e. The Morgan fingerprint density at radius 3 is 2.53 bits per heavy atom. The molecular weight excluding hydrogens is 212 g/mol. The van der Waals surface area contributed by atoms with Crippen LogP contribution in [0.25, 0.3) is 0 Å². The highest BCUT2D eigenvalue weighted by Gasteiger charge is 2.34. The van der Waals surface area contributed by atoms with Crippen molar-refractivity contribution in [3.8, 4) is 0 Å². The standard InChI is InChI=1S/C14H30N2O/c1-4-9-14(5-2,12-15)16(6-3)11-13-8-7-10-17-13/h13H,4-12,15H2,1-3H3. The van der Waals surface area contributed by atoms with Crippen molar-refractivity contribution in [1.82, 2.24) is 4.90 Å². The van der Waals surface area contributed by atoms with Gasteiger partial charge in [0.05, 0.1) is 6.10 Å². The number of hydrogen-bond donors (Lipinski definition) is 1. The molecule has 2 atom stereocenters. The number of likely N-dealkylation sites (N-methyl/N-ethyl adjacent to an activating group) is 1. The molecule has 2 N–H and O–H groups in total. The summed E-state index contributed by atoms with van der Waals surface area (Å²) in [6, 6.07) is 0. The van der Waals surface area contributed by atoms with Crippen molar-refractivity contribution in [2.45, 2.75) is 64.5 Å². The third-order valence-corrected chi connectivity index (χ3v) is 4.25. The van der Waals surface area contributed by atoms with Gasteiger partial charge >= 0.3 is 0 Å². The molecule has 0 aliphatic carbocycles. The van der Waals surface area contributed by atoms with Crippen LogP contribution >= 0.6 is 0 Å². The molecule has 3 nitrogen and oxygen atoms in total. The number of nitrogens with two attached hydrogens (primary N) is 1. The van der Waals surface area contributed by atoms with E-state index < -0.39 is 0 Å². The zero-order valence-corrected chi connectivity index (χ0v) is 11.9. The summed E-state index contributed by atoms with van der Waals surface area (Å²) in [5.41, 5.74) is 6.26. The molecule has 1 saturated heterocycles. The van der Waals surface area contributed by atoms with E-state index in [-0.39, 0.29) is 5.54 Å². The fourth-order valence-electron chi connectivity index (χ4n) is 3.09. The van der Waals surface area contributed by atoms with Crippen LogP contribution in [0.2, 0.25) is 0 Å². The van der Waals surface area contributed by atoms with Gasteiger partial charge in [0.15, 0.2) is 0 Å². The normalized spacial score (nSPS) is 24.2. The van der Waals surface area contributed by atoms with Crippen LogP contribution in [0.1, 0.15) is 52.9 Å². The lowest BCUT2D eigenvalue weighted by Gasteiger charge is -2.43. The van der Waals surface area contributed by atoms with E-state index in [4.69, 9.17) is 10.5 Å². The molecule has 1 heterocycles. The summed E-state index contributed by atoms with van der Waals surface area (Å²) in [6.45, 7) is 10.6. The highest BCUT2D eigenvalue weighted by Crippen LogP contribution is 2.26. The lowest BCUT2D eigenvalue weighted by atomic mass is 9.88. The Hall–Kier alpha value is -0.120. The van der Waals surface area contributed by atoms with Crippen molar-refractivity contribution >= 4 is 0 Å². The molecule has 0 aromatic carbocycles. The van der Waals surface area contributed by atoms with Crippen LogP contribution in [0.4, 0.5) is 0 Å². The highest BCUT2D eigenvalue weighted by molar-refractivity contribution is 4.91. The Morgan fingerprint density at radius 1 is 1.35 bits per heavy atom. The molecule has 0 saturated carbocycles. The summed E-state index contributed by atoms with van der Waals surface area (Å²) in [5, 5.41) is 0. The fraction of sp³-hybridized carbons (Fsp3) is 1.00. The van der Waals surface area contributed by atoms with Crippen LogP contribution in [0.15, 0.2) is 0 Å². The second kappa shape index (κ2) is 7.34. The third kappa shape index (κ3) is 3.67. The van der Waals surface area contributed by atoms with E-state index in [1.54, 1.807) is 0 Å². The lowest BCUT2D eigenvalue weighted by molar-refractivity contribution is 0.0177. The number of nitrogens with zero attached hydrogens (tertiary/aromatic N) is 1. The van der Waals surface area contributed by atoms with Crippen LogP contribution in [0, 0.1) is 0 Å². The average molecular weight is 242 g/mol. The third-order valence-electron chi connectivity index (χ3n) is 4.25. The monoisotopic (exact) mass is 242 g/mol. The van der Waals surface area contributed by atoms with Crippen molar-refractivity contribution in [3.05, 3.63) is 0 Å². The molecule has 0 spiro atoms. The Labute approximate surface area is 107 Å². The van der Waals surface area contributed by atoms with Gasteiger partial charge in [-0.05, 0) is 32.2 Å². The van der Waals surface area contributed by atoms with E-state index in [1.165, 1.54) is 25.7 Å². The Bertz CT molecular complexity index is 198. The summed E-state index contributed by atoms with van der Waals surface area (Å²) < 4.78 is 5.77. The van der Waals surface area contributed by atoms with E-state index in [9.17, 15) is 0 Å². The molecule has 0 bridgehead atoms. The Balaban J connectivity index is 2.65. The van der Waals surface area contributed by atoms with Gasteiger partial charge in [0.25, 0.3) is 0 Å². The van der Waals surface area contributed by atoms with Crippen molar-refractivity contribution < 1.29 is 4.74 Å². The van der Waals surface area contributed by atoms with Crippen molar-refractivity contribution in [3.63, 3.8) is 0 Å². The maximum Gasteiger partial charge on any atom is 0.0703 e. The van der Waals surface area contributed by atoms with Crippen molar-refractivity contribution in [2.75, 3.05) is 26.2 Å². The average Bonchev–Trinajstić information content (AvgIpc) is 2.86. The highest BCUT2D eigenvalue weighted by atomic mass is 16.5. The summed E-state index contributed by atoms with van der Waals surface area (Å²) in [5.74, 6) is 0. The Kier molecular flexibility index (Phi) is 6.45. The van der Waals surface area contributed by atoms with Crippen LogP contribution in [-0.2, 0) is 4.74 Å². The maximum absolute atomic E-state index is 6.07. The van der Waals surface area contributed by atoms with E-state index in [1.807, 2.05) is 0 Å². The second-order valence-corrected chi connectivity index (χ2v) is 5.21. The minimum Gasteiger partial charge on any atom is -0.377 e. The molecule has 102 valence electrons. The summed E-state index contributed by atoms with van der Waals surface area (Å²) in [6.07, 6.45) is 6.40. The minimum atomic E-state index is 0.190. The SMILES string of the molecule is CCCC(CC)(CN)N(CC)CC1CCCO1. The van der Waals surface area contributed by atoms with Crippen molar-refractivity contribution in [2.24, 2.45) is 5.73 Å². The minimum absolute atomic E-state index is 0.190. The van der Waals surface area contributed by atoms with E-state index in [0.29, 0.717) is 6.10 Å². The zero-order valence-electron chi connectivity index (χ0n) is 11.9. The lowest BCUT2D eigenvalue weighted by Crippen LogP contribution is -2.55. The molecule has 1 rings (SSSR count). The van der Waals surface area contributed by atoms with Crippen LogP contribution in [-0.4, -0.2) is 42.8 Å². The molecule has 0 aromatic rings. The van der Waals surface area contributed by atoms with E-state index in [0.717, 1.165) is 32.7 Å². The van der Waals surface area contributed by atoms with Gasteiger partial charge in [-0.15, -0.1) is 0 Å². The first-order chi connectivity index (χ1) is 8.22. The Morgan fingerprint density at radius 2 is 2.12 bits per heavy atom. The fourth-order valence-corrected chi connectivity index (χ4v) is 3.09. The quantitative estimate of drug-likeness (QED) is 0.710. The zero-order chi connectivity index (χ0) is 12.7. The molecule has 1 fully saturated rings. The van der Waals surface area contributed by atoms with Crippen molar-refractivity contribution in [1.29, 1.82) is 0 Å². The number of ether oxygens (including phenoxy) is 1. The van der Waals surface area contributed by atoms with Crippen LogP contribution in [0.3, 0.4) is 0 Å². The van der Waals surface area contributed by atoms with Gasteiger partial charge in [0.2, 0.25) is 0 Å². The maximum atomic E-state index is 6.07. The number of hydrogen-bond acceptors (Lipinski definition) is 3. The summed E-state index contributed by atoms with van der Waals surface area (Å²) >= 11 is 0. The molecule has 3 heteroatoms. The predicted molar refractivity (Wildman–Crippen MR) is 73.2 cm³/mol. The van der Waals surface area contributed by atoms with Crippen LogP contribution < -0.4 is 5.73 Å². The molecular formula is C14H30N2O. The molecule has 1 aliphatic heterocycles.